The molecule has 5 nitrogen and oxygen atoms in total. The molecule has 0 bridgehead atoms. The van der Waals surface area contributed by atoms with Crippen molar-refractivity contribution >= 4 is 17.7 Å². The van der Waals surface area contributed by atoms with Gasteiger partial charge in [0.05, 0.1) is 5.41 Å². The number of carbonyl (C=O) groups is 2. The third-order valence-corrected chi connectivity index (χ3v) is 4.43. The fourth-order valence-corrected chi connectivity index (χ4v) is 3.35. The zero-order valence-corrected chi connectivity index (χ0v) is 11.3. The van der Waals surface area contributed by atoms with Crippen LogP contribution in [0.4, 0.5) is 10.5 Å². The first kappa shape index (κ1) is 13.0. The van der Waals surface area contributed by atoms with Crippen molar-refractivity contribution in [1.29, 1.82) is 0 Å². The number of carboxylic acid groups (broad SMARTS) is 1. The van der Waals surface area contributed by atoms with Crippen LogP contribution in [0.1, 0.15) is 19.3 Å². The maximum absolute atomic E-state index is 12.8. The quantitative estimate of drug-likeness (QED) is 0.854. The summed E-state index contributed by atoms with van der Waals surface area (Å²) in [5.41, 5.74) is 0.397. The van der Waals surface area contributed by atoms with Crippen molar-refractivity contribution in [3.05, 3.63) is 30.3 Å². The molecule has 1 spiro atoms. The van der Waals surface area contributed by atoms with Crippen LogP contribution in [0.3, 0.4) is 0 Å². The Morgan fingerprint density at radius 1 is 1.15 bits per heavy atom. The van der Waals surface area contributed by atoms with E-state index in [1.807, 2.05) is 30.3 Å². The normalized spacial score (nSPS) is 26.3. The summed E-state index contributed by atoms with van der Waals surface area (Å²) in [4.78, 5) is 27.1. The predicted octanol–water partition coefficient (Wildman–Crippen LogP) is 2.18. The van der Waals surface area contributed by atoms with E-state index in [4.69, 9.17) is 5.11 Å². The maximum atomic E-state index is 12.8. The van der Waals surface area contributed by atoms with Gasteiger partial charge in [-0.1, -0.05) is 18.2 Å². The number of para-hydroxylation sites is 1. The molecular formula is C15H18N2O3. The van der Waals surface area contributed by atoms with Crippen molar-refractivity contribution in [3.63, 3.8) is 0 Å². The lowest BCUT2D eigenvalue weighted by Gasteiger charge is -2.37. The molecular weight excluding hydrogens is 256 g/mol. The molecule has 1 atom stereocenters. The van der Waals surface area contributed by atoms with Crippen molar-refractivity contribution in [2.45, 2.75) is 19.3 Å². The maximum Gasteiger partial charge on any atom is 0.407 e. The van der Waals surface area contributed by atoms with E-state index in [9.17, 15) is 9.59 Å². The van der Waals surface area contributed by atoms with Crippen molar-refractivity contribution in [1.82, 2.24) is 4.90 Å². The van der Waals surface area contributed by atoms with Gasteiger partial charge in [0.1, 0.15) is 0 Å². The number of hydrogen-bond acceptors (Lipinski definition) is 2. The highest BCUT2D eigenvalue weighted by molar-refractivity contribution is 6.00. The molecule has 1 aromatic carbocycles. The van der Waals surface area contributed by atoms with Gasteiger partial charge in [-0.25, -0.2) is 4.79 Å². The zero-order valence-electron chi connectivity index (χ0n) is 11.3. The number of benzene rings is 1. The fraction of sp³-hybridized carbons (Fsp3) is 0.467. The standard InChI is InChI=1S/C15H18N2O3/c18-13-15(7-4-9-16(11-15)14(19)20)8-10-17(13)12-5-2-1-3-6-12/h1-3,5-6H,4,7-11H2,(H,19,20). The summed E-state index contributed by atoms with van der Waals surface area (Å²) in [6, 6.07) is 9.60. The Morgan fingerprint density at radius 3 is 2.60 bits per heavy atom. The molecule has 20 heavy (non-hydrogen) atoms. The lowest BCUT2D eigenvalue weighted by atomic mass is 9.78. The van der Waals surface area contributed by atoms with E-state index in [0.717, 1.165) is 24.9 Å². The number of anilines is 1. The Morgan fingerprint density at radius 2 is 1.90 bits per heavy atom. The summed E-state index contributed by atoms with van der Waals surface area (Å²) in [6.07, 6.45) is 1.37. The van der Waals surface area contributed by atoms with Gasteiger partial charge in [0, 0.05) is 25.3 Å². The second-order valence-electron chi connectivity index (χ2n) is 5.63. The molecule has 0 aromatic heterocycles. The average Bonchev–Trinajstić information content (AvgIpc) is 2.77. The predicted molar refractivity (Wildman–Crippen MR) is 74.7 cm³/mol. The average molecular weight is 274 g/mol. The second-order valence-corrected chi connectivity index (χ2v) is 5.63. The molecule has 1 aromatic rings. The molecule has 5 heteroatoms. The highest BCUT2D eigenvalue weighted by Gasteiger charge is 2.49. The molecule has 0 radical (unpaired) electrons. The molecule has 2 fully saturated rings. The van der Waals surface area contributed by atoms with E-state index in [0.29, 0.717) is 19.6 Å². The van der Waals surface area contributed by atoms with E-state index in [-0.39, 0.29) is 5.91 Å². The number of piperidine rings is 1. The van der Waals surface area contributed by atoms with Gasteiger partial charge in [-0.3, -0.25) is 4.79 Å². The number of nitrogens with zero attached hydrogens (tertiary/aromatic N) is 2. The van der Waals surface area contributed by atoms with Gasteiger partial charge in [0.25, 0.3) is 0 Å². The first-order valence-corrected chi connectivity index (χ1v) is 6.97. The Hall–Kier alpha value is -2.04. The molecule has 2 aliphatic heterocycles. The number of amides is 2. The minimum atomic E-state index is -0.921. The van der Waals surface area contributed by atoms with Gasteiger partial charge in [-0.15, -0.1) is 0 Å². The van der Waals surface area contributed by atoms with Crippen LogP contribution in [-0.4, -0.2) is 41.6 Å². The van der Waals surface area contributed by atoms with Crippen LogP contribution < -0.4 is 4.90 Å². The summed E-state index contributed by atoms with van der Waals surface area (Å²) in [5.74, 6) is 0.0784. The van der Waals surface area contributed by atoms with E-state index >= 15 is 0 Å². The monoisotopic (exact) mass is 274 g/mol. The van der Waals surface area contributed by atoms with Crippen molar-refractivity contribution in [2.24, 2.45) is 5.41 Å². The molecule has 106 valence electrons. The van der Waals surface area contributed by atoms with E-state index < -0.39 is 11.5 Å². The van der Waals surface area contributed by atoms with Gasteiger partial charge in [-0.2, -0.15) is 0 Å². The Balaban J connectivity index is 1.83. The third kappa shape index (κ3) is 2.03. The number of hydrogen-bond donors (Lipinski definition) is 1. The van der Waals surface area contributed by atoms with Crippen LogP contribution >= 0.6 is 0 Å². The molecule has 3 rings (SSSR count). The lowest BCUT2D eigenvalue weighted by Crippen LogP contribution is -2.49. The van der Waals surface area contributed by atoms with E-state index in [2.05, 4.69) is 0 Å². The second kappa shape index (κ2) is 4.81. The van der Waals surface area contributed by atoms with Gasteiger partial charge in [0.15, 0.2) is 0 Å². The summed E-state index contributed by atoms with van der Waals surface area (Å²) >= 11 is 0. The molecule has 2 heterocycles. The zero-order chi connectivity index (χ0) is 14.2. The number of carbonyl (C=O) groups excluding carboxylic acids is 1. The topological polar surface area (TPSA) is 60.9 Å². The van der Waals surface area contributed by atoms with Crippen LogP contribution in [0.15, 0.2) is 30.3 Å². The third-order valence-electron chi connectivity index (χ3n) is 4.43. The molecule has 0 saturated carbocycles. The largest absolute Gasteiger partial charge is 0.465 e. The summed E-state index contributed by atoms with van der Waals surface area (Å²) in [7, 11) is 0. The Labute approximate surface area is 117 Å². The first-order chi connectivity index (χ1) is 9.62. The van der Waals surface area contributed by atoms with Crippen molar-refractivity contribution in [2.75, 3.05) is 24.5 Å². The van der Waals surface area contributed by atoms with Crippen LogP contribution in [0.5, 0.6) is 0 Å². The van der Waals surface area contributed by atoms with Crippen molar-refractivity contribution < 1.29 is 14.7 Å². The molecule has 0 aliphatic carbocycles. The summed E-state index contributed by atoms with van der Waals surface area (Å²) < 4.78 is 0. The van der Waals surface area contributed by atoms with E-state index in [1.165, 1.54) is 4.90 Å². The minimum Gasteiger partial charge on any atom is -0.465 e. The Bertz CT molecular complexity index is 531. The summed E-state index contributed by atoms with van der Waals surface area (Å²) in [6.45, 7) is 1.55. The minimum absolute atomic E-state index is 0.0784. The molecule has 2 aliphatic rings. The molecule has 1 unspecified atom stereocenters. The van der Waals surface area contributed by atoms with Crippen LogP contribution in [0.2, 0.25) is 0 Å². The molecule has 2 amide bonds. The first-order valence-electron chi connectivity index (χ1n) is 6.97. The number of likely N-dealkylation sites (tertiary alicyclic amines) is 1. The van der Waals surface area contributed by atoms with Gasteiger partial charge in [-0.05, 0) is 31.4 Å². The highest BCUT2D eigenvalue weighted by atomic mass is 16.4. The summed E-state index contributed by atoms with van der Waals surface area (Å²) in [5, 5.41) is 9.15. The van der Waals surface area contributed by atoms with Crippen LogP contribution in [0, 0.1) is 5.41 Å². The smallest absolute Gasteiger partial charge is 0.407 e. The molecule has 1 N–H and O–H groups in total. The number of rotatable bonds is 1. The van der Waals surface area contributed by atoms with Gasteiger partial charge >= 0.3 is 6.09 Å². The molecule has 2 saturated heterocycles. The SMILES string of the molecule is O=C(O)N1CCCC2(CCN(c3ccccc3)C2=O)C1. The van der Waals surface area contributed by atoms with Crippen molar-refractivity contribution in [3.8, 4) is 0 Å². The van der Waals surface area contributed by atoms with Gasteiger partial charge < -0.3 is 14.9 Å². The Kier molecular flexibility index (Phi) is 3.12. The van der Waals surface area contributed by atoms with Crippen LogP contribution in [-0.2, 0) is 4.79 Å². The highest BCUT2D eigenvalue weighted by Crippen LogP contribution is 2.41. The lowest BCUT2D eigenvalue weighted by molar-refractivity contribution is -0.127. The van der Waals surface area contributed by atoms with Gasteiger partial charge in [0.2, 0.25) is 5.91 Å². The van der Waals surface area contributed by atoms with E-state index in [1.54, 1.807) is 4.90 Å². The van der Waals surface area contributed by atoms with Crippen LogP contribution in [0.25, 0.3) is 0 Å². The fourth-order valence-electron chi connectivity index (χ4n) is 3.35.